The average Bonchev–Trinajstić information content (AvgIpc) is 2.73. The molecule has 0 bridgehead atoms. The fourth-order valence-corrected chi connectivity index (χ4v) is 2.61. The van der Waals surface area contributed by atoms with E-state index in [-0.39, 0.29) is 0 Å². The summed E-state index contributed by atoms with van der Waals surface area (Å²) < 4.78 is 0. The molecule has 1 aliphatic rings. The van der Waals surface area contributed by atoms with E-state index in [0.29, 0.717) is 16.3 Å². The van der Waals surface area contributed by atoms with Gasteiger partial charge in [0.25, 0.3) is 11.7 Å². The first-order valence-corrected chi connectivity index (χ1v) is 6.85. The molecule has 0 aliphatic carbocycles. The summed E-state index contributed by atoms with van der Waals surface area (Å²) >= 11 is 6.26. The maximum atomic E-state index is 11.7. The average molecular weight is 301 g/mol. The number of fused-ring (bicyclic) bond motifs is 1. The third kappa shape index (κ3) is 2.28. The Bertz CT molecular complexity index is 754. The smallest absolute Gasteiger partial charge is 0.296 e. The highest BCUT2D eigenvalue weighted by molar-refractivity contribution is 6.52. The standard InChI is InChI=1S/C16H13ClN2O2/c1-9-3-5-10(6-4-9)19(2)14-8-13-11(7-12(14)17)15(20)16(21)18-13/h3-8H,1-2H3,(H,18,20,21). The minimum absolute atomic E-state index is 0.325. The van der Waals surface area contributed by atoms with E-state index in [0.717, 1.165) is 11.4 Å². The van der Waals surface area contributed by atoms with E-state index >= 15 is 0 Å². The number of amides is 1. The lowest BCUT2D eigenvalue weighted by molar-refractivity contribution is -0.112. The molecule has 0 spiro atoms. The van der Waals surface area contributed by atoms with Gasteiger partial charge in [-0.3, -0.25) is 9.59 Å². The van der Waals surface area contributed by atoms with Crippen LogP contribution in [0.25, 0.3) is 0 Å². The number of halogens is 1. The maximum Gasteiger partial charge on any atom is 0.296 e. The van der Waals surface area contributed by atoms with Crippen molar-refractivity contribution < 1.29 is 9.59 Å². The lowest BCUT2D eigenvalue weighted by Gasteiger charge is -2.21. The van der Waals surface area contributed by atoms with Crippen molar-refractivity contribution in [3.05, 3.63) is 52.5 Å². The third-order valence-corrected chi connectivity index (χ3v) is 3.87. The van der Waals surface area contributed by atoms with Crippen LogP contribution in [0.3, 0.4) is 0 Å². The molecule has 0 saturated carbocycles. The van der Waals surface area contributed by atoms with Crippen molar-refractivity contribution in [2.24, 2.45) is 0 Å². The van der Waals surface area contributed by atoms with E-state index in [4.69, 9.17) is 11.6 Å². The van der Waals surface area contributed by atoms with Gasteiger partial charge in [0.2, 0.25) is 0 Å². The van der Waals surface area contributed by atoms with Crippen LogP contribution in [0.1, 0.15) is 15.9 Å². The van der Waals surface area contributed by atoms with Gasteiger partial charge in [-0.25, -0.2) is 0 Å². The molecule has 1 aliphatic heterocycles. The second-order valence-corrected chi connectivity index (χ2v) is 5.43. The van der Waals surface area contributed by atoms with Crippen LogP contribution in [0.15, 0.2) is 36.4 Å². The summed E-state index contributed by atoms with van der Waals surface area (Å²) in [6, 6.07) is 11.3. The van der Waals surface area contributed by atoms with E-state index in [1.807, 2.05) is 43.1 Å². The number of hydrogen-bond acceptors (Lipinski definition) is 3. The summed E-state index contributed by atoms with van der Waals surface area (Å²) in [6.45, 7) is 2.02. The Morgan fingerprint density at radius 2 is 1.76 bits per heavy atom. The molecule has 2 aromatic carbocycles. The van der Waals surface area contributed by atoms with Crippen molar-refractivity contribution in [2.45, 2.75) is 6.92 Å². The van der Waals surface area contributed by atoms with Gasteiger partial charge in [-0.05, 0) is 31.2 Å². The minimum atomic E-state index is -0.615. The van der Waals surface area contributed by atoms with Crippen molar-refractivity contribution in [3.63, 3.8) is 0 Å². The molecule has 4 nitrogen and oxygen atoms in total. The van der Waals surface area contributed by atoms with Crippen molar-refractivity contribution in [1.82, 2.24) is 0 Å². The number of hydrogen-bond donors (Lipinski definition) is 1. The Morgan fingerprint density at radius 1 is 1.10 bits per heavy atom. The molecule has 0 aromatic heterocycles. The number of benzene rings is 2. The fraction of sp³-hybridized carbons (Fsp3) is 0.125. The van der Waals surface area contributed by atoms with Gasteiger partial charge in [-0.2, -0.15) is 0 Å². The molecule has 0 saturated heterocycles. The van der Waals surface area contributed by atoms with Gasteiger partial charge in [-0.15, -0.1) is 0 Å². The highest BCUT2D eigenvalue weighted by atomic mass is 35.5. The quantitative estimate of drug-likeness (QED) is 0.863. The molecule has 1 N–H and O–H groups in total. The second-order valence-electron chi connectivity index (χ2n) is 5.03. The largest absolute Gasteiger partial charge is 0.343 e. The number of nitrogens with zero attached hydrogens (tertiary/aromatic N) is 1. The zero-order valence-electron chi connectivity index (χ0n) is 11.6. The van der Waals surface area contributed by atoms with Gasteiger partial charge in [0.05, 0.1) is 22.0 Å². The number of nitrogens with one attached hydrogen (secondary N) is 1. The number of anilines is 3. The molecule has 21 heavy (non-hydrogen) atoms. The Balaban J connectivity index is 2.04. The number of carbonyl (C=O) groups is 2. The molecule has 1 heterocycles. The Kier molecular flexibility index (Phi) is 3.18. The van der Waals surface area contributed by atoms with Crippen LogP contribution in [0, 0.1) is 6.92 Å². The van der Waals surface area contributed by atoms with E-state index in [2.05, 4.69) is 5.32 Å². The van der Waals surface area contributed by atoms with E-state index in [1.165, 1.54) is 11.6 Å². The van der Waals surface area contributed by atoms with Gasteiger partial charge in [0.1, 0.15) is 0 Å². The summed E-state index contributed by atoms with van der Waals surface area (Å²) in [5.74, 6) is -1.16. The highest BCUT2D eigenvalue weighted by Crippen LogP contribution is 2.37. The number of carbonyl (C=O) groups excluding carboxylic acids is 2. The zero-order chi connectivity index (χ0) is 15.1. The molecule has 0 atom stereocenters. The third-order valence-electron chi connectivity index (χ3n) is 3.57. The normalized spacial score (nSPS) is 13.1. The van der Waals surface area contributed by atoms with Crippen LogP contribution in [0.4, 0.5) is 17.1 Å². The molecule has 2 aromatic rings. The summed E-state index contributed by atoms with van der Waals surface area (Å²) in [7, 11) is 1.89. The molecule has 0 fully saturated rings. The highest BCUT2D eigenvalue weighted by Gasteiger charge is 2.29. The molecule has 1 amide bonds. The number of rotatable bonds is 2. The molecule has 0 radical (unpaired) electrons. The maximum absolute atomic E-state index is 11.7. The lowest BCUT2D eigenvalue weighted by atomic mass is 10.1. The van der Waals surface area contributed by atoms with Gasteiger partial charge < -0.3 is 10.2 Å². The summed E-state index contributed by atoms with van der Waals surface area (Å²) in [5.41, 5.74) is 3.70. The van der Waals surface area contributed by atoms with Crippen LogP contribution in [0.2, 0.25) is 5.02 Å². The van der Waals surface area contributed by atoms with Crippen LogP contribution < -0.4 is 10.2 Å². The van der Waals surface area contributed by atoms with E-state index in [1.54, 1.807) is 6.07 Å². The van der Waals surface area contributed by atoms with Crippen molar-refractivity contribution in [1.29, 1.82) is 0 Å². The topological polar surface area (TPSA) is 49.4 Å². The summed E-state index contributed by atoms with van der Waals surface area (Å²) in [5, 5.41) is 2.99. The SMILES string of the molecule is Cc1ccc(N(C)c2cc3c(cc2Cl)C(=O)C(=O)N3)cc1. The van der Waals surface area contributed by atoms with Crippen molar-refractivity contribution >= 4 is 40.4 Å². The van der Waals surface area contributed by atoms with Gasteiger partial charge >= 0.3 is 0 Å². The Hall–Kier alpha value is -2.33. The molecular weight excluding hydrogens is 288 g/mol. The monoisotopic (exact) mass is 300 g/mol. The predicted octanol–water partition coefficient (Wildman–Crippen LogP) is 3.55. The first-order chi connectivity index (χ1) is 9.97. The number of aryl methyl sites for hydroxylation is 1. The van der Waals surface area contributed by atoms with Crippen molar-refractivity contribution in [3.8, 4) is 0 Å². The second kappa shape index (κ2) is 4.90. The fourth-order valence-electron chi connectivity index (χ4n) is 2.32. The molecule has 106 valence electrons. The van der Waals surface area contributed by atoms with Gasteiger partial charge in [-0.1, -0.05) is 29.3 Å². The summed E-state index contributed by atoms with van der Waals surface area (Å²) in [6.07, 6.45) is 0. The van der Waals surface area contributed by atoms with Gasteiger partial charge in [0.15, 0.2) is 0 Å². The first-order valence-electron chi connectivity index (χ1n) is 6.47. The van der Waals surface area contributed by atoms with E-state index < -0.39 is 11.7 Å². The number of ketones is 1. The number of Topliss-reactive ketones (excluding diaryl/α,β-unsaturated/α-hetero) is 1. The Morgan fingerprint density at radius 3 is 2.43 bits per heavy atom. The van der Waals surface area contributed by atoms with Crippen molar-refractivity contribution in [2.75, 3.05) is 17.3 Å². The summed E-state index contributed by atoms with van der Waals surface area (Å²) in [4.78, 5) is 25.0. The minimum Gasteiger partial charge on any atom is -0.343 e. The van der Waals surface area contributed by atoms with Crippen LogP contribution in [-0.2, 0) is 4.79 Å². The van der Waals surface area contributed by atoms with E-state index in [9.17, 15) is 9.59 Å². The molecule has 3 rings (SSSR count). The lowest BCUT2D eigenvalue weighted by Crippen LogP contribution is -2.12. The molecule has 5 heteroatoms. The zero-order valence-corrected chi connectivity index (χ0v) is 12.4. The Labute approximate surface area is 127 Å². The van der Waals surface area contributed by atoms with Gasteiger partial charge in [0, 0.05) is 12.7 Å². The van der Waals surface area contributed by atoms with Crippen LogP contribution in [0.5, 0.6) is 0 Å². The first kappa shape index (κ1) is 13.6. The van der Waals surface area contributed by atoms with Crippen LogP contribution in [-0.4, -0.2) is 18.7 Å². The molecule has 0 unspecified atom stereocenters. The van der Waals surface area contributed by atoms with Crippen LogP contribution >= 0.6 is 11.6 Å². The predicted molar refractivity (Wildman–Crippen MR) is 83.7 cm³/mol. The molecular formula is C16H13ClN2O2.